The first-order valence-electron chi connectivity index (χ1n) is 32.6. The number of halogens is 2. The number of piperazine rings is 1. The molecule has 3 atom stereocenters. The Morgan fingerprint density at radius 3 is 1.99 bits per heavy atom. The molecule has 6 rings (SSSR count). The van der Waals surface area contributed by atoms with E-state index >= 15 is 0 Å². The Hall–Kier alpha value is -7.99. The van der Waals surface area contributed by atoms with Gasteiger partial charge >= 0.3 is 17.9 Å². The van der Waals surface area contributed by atoms with Crippen LogP contribution in [0.2, 0.25) is 0 Å². The van der Waals surface area contributed by atoms with Gasteiger partial charge < -0.3 is 56.2 Å². The highest BCUT2D eigenvalue weighted by molar-refractivity contribution is 7.99. The number of nitriles is 1. The summed E-state index contributed by atoms with van der Waals surface area (Å²) in [4.78, 5) is 135. The highest BCUT2D eigenvalue weighted by Crippen LogP contribution is 2.32. The number of aromatic nitrogens is 1. The molecule has 0 saturated carbocycles. The standard InChI is InChI=1S/C65H92F2N14O14S/c1-46-11-13-48(14-12-46)8-7-10-56(83)73-47(2)69-18-4-3-9-54(74-57(84)40-76-22-24-77(41-59(86)87)26-28-79(43-61(90)91)29-27-78(25-23-76)42-60(88)89)63(93)71-20-35-96-44-55(82)64(94)80-32-30-75(31-33-80)21-5-6-34-95-50-15-16-53-52(36-50)51(17-19-70-53)62(92)72-39-58(85)81-45-65(66,67)37-49(81)38-68/h11-17,19,36,49,54-55,82H,3-10,18,20-35,37,39-45H2,1-2H3,(H,71,93)(H,72,92)(H,74,84)(H,86,87)(H,88,89)(H,90,91)(H,69,73,83)/t49-,54?,55?/m1/s1. The number of aliphatic hydroxyl groups is 1. The van der Waals surface area contributed by atoms with E-state index in [2.05, 4.69) is 48.3 Å². The fourth-order valence-corrected chi connectivity index (χ4v) is 12.1. The van der Waals surface area contributed by atoms with E-state index in [1.54, 1.807) is 55.7 Å². The molecule has 3 aromatic rings. The van der Waals surface area contributed by atoms with Gasteiger partial charge in [-0.25, -0.2) is 8.78 Å². The number of likely N-dealkylation sites (tertiary alicyclic amines) is 1. The molecule has 2 aromatic carbocycles. The van der Waals surface area contributed by atoms with Crippen LogP contribution in [0.25, 0.3) is 10.9 Å². The second-order valence-electron chi connectivity index (χ2n) is 24.3. The lowest BCUT2D eigenvalue weighted by molar-refractivity contribution is -0.141. The van der Waals surface area contributed by atoms with Gasteiger partial charge in [0.25, 0.3) is 17.7 Å². The summed E-state index contributed by atoms with van der Waals surface area (Å²) in [6, 6.07) is 14.2. The number of carboxylic acid groups (broad SMARTS) is 3. The maximum Gasteiger partial charge on any atom is 0.317 e. The van der Waals surface area contributed by atoms with Gasteiger partial charge in [-0.2, -0.15) is 17.0 Å². The summed E-state index contributed by atoms with van der Waals surface area (Å²) >= 11 is 1.28. The number of ether oxygens (including phenoxy) is 1. The molecule has 0 spiro atoms. The van der Waals surface area contributed by atoms with Crippen molar-refractivity contribution in [2.75, 3.05) is 156 Å². The third-order valence-corrected chi connectivity index (χ3v) is 17.7. The van der Waals surface area contributed by atoms with Crippen molar-refractivity contribution in [3.8, 4) is 11.8 Å². The number of aliphatic hydroxyl groups excluding tert-OH is 1. The number of nitrogens with one attached hydrogen (secondary N) is 4. The number of pyridine rings is 1. The number of aryl methyl sites for hydroxylation is 2. The average Bonchev–Trinajstić information content (AvgIpc) is 0.924. The van der Waals surface area contributed by atoms with E-state index in [1.165, 1.54) is 24.0 Å². The normalized spacial score (nSPS) is 17.9. The number of aliphatic imine (C=N–C) groups is 1. The van der Waals surface area contributed by atoms with Crippen molar-refractivity contribution in [2.24, 2.45) is 4.99 Å². The molecule has 8 N–H and O–H groups in total. The van der Waals surface area contributed by atoms with Crippen LogP contribution in [0.15, 0.2) is 59.7 Å². The van der Waals surface area contributed by atoms with Crippen LogP contribution in [-0.4, -0.2) is 299 Å². The van der Waals surface area contributed by atoms with Crippen LogP contribution in [0.1, 0.15) is 79.8 Å². The minimum Gasteiger partial charge on any atom is -0.494 e. The summed E-state index contributed by atoms with van der Waals surface area (Å²) in [5, 5.41) is 60.6. The van der Waals surface area contributed by atoms with Crippen molar-refractivity contribution in [2.45, 2.75) is 95.7 Å². The topological polar surface area (TPSA) is 364 Å². The van der Waals surface area contributed by atoms with E-state index in [1.807, 2.05) is 19.1 Å². The van der Waals surface area contributed by atoms with Crippen molar-refractivity contribution in [1.82, 2.24) is 60.6 Å². The predicted molar refractivity (Wildman–Crippen MR) is 354 cm³/mol. The number of benzene rings is 2. The Morgan fingerprint density at radius 2 is 1.38 bits per heavy atom. The molecular weight excluding hydrogens is 1270 g/mol. The van der Waals surface area contributed by atoms with Gasteiger partial charge in [0.15, 0.2) is 0 Å². The molecule has 0 bridgehead atoms. The number of nitrogens with zero attached hydrogens (tertiary/aromatic N) is 10. The molecule has 6 amide bonds. The fraction of sp³-hybridized carbons (Fsp3) is 0.600. The van der Waals surface area contributed by atoms with Crippen molar-refractivity contribution in [1.29, 1.82) is 5.26 Å². The van der Waals surface area contributed by atoms with E-state index in [0.29, 0.717) is 99.7 Å². The molecule has 1 aromatic heterocycles. The molecule has 3 saturated heterocycles. The summed E-state index contributed by atoms with van der Waals surface area (Å²) in [7, 11) is 0. The fourth-order valence-electron chi connectivity index (χ4n) is 11.3. The molecule has 96 heavy (non-hydrogen) atoms. The summed E-state index contributed by atoms with van der Waals surface area (Å²) in [6.45, 7) is 6.28. The number of amidine groups is 1. The molecule has 4 heterocycles. The van der Waals surface area contributed by atoms with Crippen LogP contribution >= 0.6 is 11.8 Å². The molecule has 3 aliphatic heterocycles. The number of rotatable bonds is 34. The number of fused-ring (bicyclic) bond motifs is 1. The Morgan fingerprint density at radius 1 is 0.760 bits per heavy atom. The van der Waals surface area contributed by atoms with Crippen LogP contribution in [0.3, 0.4) is 0 Å². The smallest absolute Gasteiger partial charge is 0.317 e. The van der Waals surface area contributed by atoms with E-state index in [4.69, 9.17) is 4.74 Å². The number of carbonyl (C=O) groups excluding carboxylic acids is 6. The second-order valence-corrected chi connectivity index (χ2v) is 25.5. The minimum absolute atomic E-state index is 0.0749. The number of carbonyl (C=O) groups is 9. The van der Waals surface area contributed by atoms with Crippen molar-refractivity contribution in [3.05, 3.63) is 71.4 Å². The van der Waals surface area contributed by atoms with Gasteiger partial charge in [-0.3, -0.25) is 77.6 Å². The van der Waals surface area contributed by atoms with Gasteiger partial charge in [0.05, 0.1) is 68.9 Å². The van der Waals surface area contributed by atoms with Gasteiger partial charge in [-0.1, -0.05) is 29.8 Å². The molecule has 3 aliphatic rings. The third-order valence-electron chi connectivity index (χ3n) is 16.6. The van der Waals surface area contributed by atoms with E-state index in [0.717, 1.165) is 35.4 Å². The first-order valence-corrected chi connectivity index (χ1v) is 33.7. The number of hydrogen-bond donors (Lipinski definition) is 8. The zero-order valence-corrected chi connectivity index (χ0v) is 55.6. The summed E-state index contributed by atoms with van der Waals surface area (Å²) in [5.74, 6) is -8.01. The average molecular weight is 1360 g/mol. The number of unbranched alkanes of at least 4 members (excludes halogenated alkanes) is 2. The number of amides is 6. The molecule has 0 radical (unpaired) electrons. The number of thioether (sulfide) groups is 1. The van der Waals surface area contributed by atoms with Gasteiger partial charge in [-0.05, 0) is 95.2 Å². The van der Waals surface area contributed by atoms with Crippen LogP contribution < -0.4 is 26.0 Å². The maximum atomic E-state index is 13.9. The van der Waals surface area contributed by atoms with Crippen LogP contribution in [0.4, 0.5) is 8.78 Å². The zero-order chi connectivity index (χ0) is 69.6. The summed E-state index contributed by atoms with van der Waals surface area (Å²) < 4.78 is 33.8. The maximum absolute atomic E-state index is 13.9. The van der Waals surface area contributed by atoms with Gasteiger partial charge in [0.2, 0.25) is 23.6 Å². The lowest BCUT2D eigenvalue weighted by atomic mass is 10.1. The van der Waals surface area contributed by atoms with E-state index < -0.39 is 91.1 Å². The highest BCUT2D eigenvalue weighted by atomic mass is 32.2. The quantitative estimate of drug-likeness (QED) is 0.0237. The minimum atomic E-state index is -3.18. The first-order chi connectivity index (χ1) is 45.9. The number of hydrogen-bond acceptors (Lipinski definition) is 20. The zero-order valence-electron chi connectivity index (χ0n) is 54.8. The number of alkyl halides is 2. The van der Waals surface area contributed by atoms with Gasteiger partial charge in [0.1, 0.15) is 23.9 Å². The van der Waals surface area contributed by atoms with Crippen molar-refractivity contribution in [3.63, 3.8) is 0 Å². The Bertz CT molecular complexity index is 3140. The van der Waals surface area contributed by atoms with Crippen LogP contribution in [-0.2, 0) is 44.8 Å². The molecule has 526 valence electrons. The molecule has 31 heteroatoms. The lowest BCUT2D eigenvalue weighted by Crippen LogP contribution is -2.52. The molecule has 3 fully saturated rings. The number of carboxylic acids is 3. The Kier molecular flexibility index (Phi) is 32.0. The molecule has 2 unspecified atom stereocenters. The van der Waals surface area contributed by atoms with Gasteiger partial charge in [0, 0.05) is 128 Å². The van der Waals surface area contributed by atoms with Gasteiger partial charge in [-0.15, -0.1) is 0 Å². The first kappa shape index (κ1) is 77.0. The Labute approximate surface area is 562 Å². The summed E-state index contributed by atoms with van der Waals surface area (Å²) in [6.07, 6.45) is 3.83. The number of aliphatic carboxylic acids is 3. The second kappa shape index (κ2) is 39.9. The highest BCUT2D eigenvalue weighted by Gasteiger charge is 2.47. The molecule has 0 aliphatic carbocycles. The van der Waals surface area contributed by atoms with Crippen LogP contribution in [0.5, 0.6) is 5.75 Å². The predicted octanol–water partition coefficient (Wildman–Crippen LogP) is 1.23. The molecule has 28 nitrogen and oxygen atoms in total. The van der Waals surface area contributed by atoms with E-state index in [-0.39, 0.29) is 109 Å². The van der Waals surface area contributed by atoms with Crippen LogP contribution in [0, 0.1) is 18.3 Å². The molecular formula is C65H92F2N14O14S. The SMILES string of the molecule is CC(=NCCCCC(NC(=O)CN1CCN(CC(=O)O)CCN(CC(=O)O)CCN(CC(=O)O)CC1)C(=O)NCCSCC(O)C(=O)N1CCN(CCCCOc2ccc3nccc(C(=O)NCC(=O)N4CC(F)(F)C[C@@H]4C#N)c3c2)CC1)NC(=O)CCCc1ccc(C)cc1. The lowest BCUT2D eigenvalue weighted by Gasteiger charge is -2.35. The van der Waals surface area contributed by atoms with E-state index in [9.17, 15) is 77.6 Å². The monoisotopic (exact) mass is 1360 g/mol. The summed E-state index contributed by atoms with van der Waals surface area (Å²) in [5.41, 5.74) is 3.01. The van der Waals surface area contributed by atoms with Crippen molar-refractivity contribution >= 4 is 81.9 Å². The largest absolute Gasteiger partial charge is 0.494 e. The van der Waals surface area contributed by atoms with Crippen molar-refractivity contribution < 1.29 is 77.1 Å². The third kappa shape index (κ3) is 27.6. The Balaban J connectivity index is 0.933.